The molecule has 0 rings (SSSR count). The Morgan fingerprint density at radius 1 is 0.852 bits per heavy atom. The van der Waals surface area contributed by atoms with Crippen molar-refractivity contribution in [2.75, 3.05) is 14.1 Å². The zero-order valence-corrected chi connectivity index (χ0v) is 18.4. The summed E-state index contributed by atoms with van der Waals surface area (Å²) in [6, 6.07) is 0. The molecule has 1 N–H and O–H groups in total. The molecule has 1 amide bonds. The molecule has 0 bridgehead atoms. The molecule has 0 aliphatic heterocycles. The lowest BCUT2D eigenvalue weighted by atomic mass is 10.0. The average Bonchev–Trinajstić information content (AvgIpc) is 2.58. The van der Waals surface area contributed by atoms with E-state index in [1.54, 1.807) is 19.0 Å². The minimum Gasteiger partial charge on any atom is -0.349 e. The first-order chi connectivity index (χ1) is 12.8. The highest BCUT2D eigenvalue weighted by Crippen LogP contribution is 2.18. The van der Waals surface area contributed by atoms with E-state index in [2.05, 4.69) is 6.92 Å². The quantitative estimate of drug-likeness (QED) is 0.251. The third-order valence-corrected chi connectivity index (χ3v) is 5.32. The Bertz CT molecular complexity index is 465. The topological polar surface area (TPSA) is 83.9 Å². The fraction of sp³-hybridized carbons (Fsp3) is 0.950. The summed E-state index contributed by atoms with van der Waals surface area (Å²) in [5.41, 5.74) is 0. The van der Waals surface area contributed by atoms with Crippen LogP contribution < -0.4 is 0 Å². The van der Waals surface area contributed by atoms with Crippen LogP contribution in [0, 0.1) is 0 Å². The Morgan fingerprint density at radius 2 is 1.30 bits per heavy atom. The number of carbonyl (C=O) groups is 1. The van der Waals surface area contributed by atoms with Gasteiger partial charge in [0.15, 0.2) is 0 Å². The van der Waals surface area contributed by atoms with Gasteiger partial charge in [-0.2, -0.15) is 8.42 Å². The van der Waals surface area contributed by atoms with Crippen LogP contribution in [-0.4, -0.2) is 44.0 Å². The van der Waals surface area contributed by atoms with Gasteiger partial charge >= 0.3 is 10.4 Å². The van der Waals surface area contributed by atoms with E-state index in [1.165, 1.54) is 12.8 Å². The highest BCUT2D eigenvalue weighted by Gasteiger charge is 2.16. The van der Waals surface area contributed by atoms with E-state index in [1.807, 2.05) is 0 Å². The summed E-state index contributed by atoms with van der Waals surface area (Å²) in [6.07, 6.45) is 14.6. The molecule has 0 radical (unpaired) electrons. The van der Waals surface area contributed by atoms with Gasteiger partial charge in [0.1, 0.15) is 0 Å². The molecular weight excluding hydrogens is 366 g/mol. The third-order valence-electron chi connectivity index (χ3n) is 4.80. The number of nitrogens with zero attached hydrogens (tertiary/aromatic N) is 1. The standard InChI is InChI=1S/C20H41NO5S/c1-4-5-6-13-16-19(26-27(23,24)25)17-14-11-9-7-8-10-12-15-18-20(22)21(2)3/h19H,4-18H2,1-3H3,(H,23,24,25). The van der Waals surface area contributed by atoms with E-state index in [4.69, 9.17) is 8.74 Å². The maximum atomic E-state index is 11.5. The predicted molar refractivity (Wildman–Crippen MR) is 110 cm³/mol. The van der Waals surface area contributed by atoms with Crippen molar-refractivity contribution in [3.8, 4) is 0 Å². The number of hydrogen-bond acceptors (Lipinski definition) is 4. The van der Waals surface area contributed by atoms with Gasteiger partial charge in [-0.1, -0.05) is 77.6 Å². The molecule has 6 nitrogen and oxygen atoms in total. The Hall–Kier alpha value is -0.660. The normalized spacial score (nSPS) is 12.9. The van der Waals surface area contributed by atoms with Crippen LogP contribution in [0.2, 0.25) is 0 Å². The molecule has 7 heteroatoms. The van der Waals surface area contributed by atoms with Gasteiger partial charge in [0.25, 0.3) is 0 Å². The van der Waals surface area contributed by atoms with E-state index >= 15 is 0 Å². The lowest BCUT2D eigenvalue weighted by Gasteiger charge is -2.15. The van der Waals surface area contributed by atoms with Crippen LogP contribution in [0.25, 0.3) is 0 Å². The van der Waals surface area contributed by atoms with Crippen LogP contribution >= 0.6 is 0 Å². The summed E-state index contributed by atoms with van der Waals surface area (Å²) >= 11 is 0. The van der Waals surface area contributed by atoms with Crippen LogP contribution in [0.5, 0.6) is 0 Å². The molecule has 0 aromatic heterocycles. The van der Waals surface area contributed by atoms with Gasteiger partial charge in [-0.3, -0.25) is 9.35 Å². The number of rotatable bonds is 18. The summed E-state index contributed by atoms with van der Waals surface area (Å²) in [6.45, 7) is 2.13. The largest absolute Gasteiger partial charge is 0.397 e. The van der Waals surface area contributed by atoms with Crippen molar-refractivity contribution >= 4 is 16.3 Å². The second-order valence-electron chi connectivity index (χ2n) is 7.65. The second kappa shape index (κ2) is 16.3. The average molecular weight is 408 g/mol. The van der Waals surface area contributed by atoms with E-state index < -0.39 is 16.5 Å². The van der Waals surface area contributed by atoms with Crippen LogP contribution in [0.1, 0.15) is 103 Å². The summed E-state index contributed by atoms with van der Waals surface area (Å²) in [5, 5.41) is 0. The van der Waals surface area contributed by atoms with E-state index in [0.717, 1.165) is 64.2 Å². The van der Waals surface area contributed by atoms with Crippen molar-refractivity contribution in [3.05, 3.63) is 0 Å². The fourth-order valence-electron chi connectivity index (χ4n) is 3.14. The van der Waals surface area contributed by atoms with Gasteiger partial charge in [0, 0.05) is 20.5 Å². The molecule has 0 aromatic carbocycles. The minimum atomic E-state index is -4.36. The summed E-state index contributed by atoms with van der Waals surface area (Å²) in [5.74, 6) is 0.200. The maximum Gasteiger partial charge on any atom is 0.397 e. The molecular formula is C20H41NO5S. The number of amides is 1. The Morgan fingerprint density at radius 3 is 1.74 bits per heavy atom. The molecule has 27 heavy (non-hydrogen) atoms. The summed E-state index contributed by atoms with van der Waals surface area (Å²) < 4.78 is 35.7. The molecule has 0 spiro atoms. The first kappa shape index (κ1) is 26.3. The van der Waals surface area contributed by atoms with Gasteiger partial charge in [-0.25, -0.2) is 4.18 Å². The first-order valence-corrected chi connectivity index (χ1v) is 12.0. The Labute approximate surface area is 167 Å². The van der Waals surface area contributed by atoms with Crippen LogP contribution in [0.4, 0.5) is 0 Å². The van der Waals surface area contributed by atoms with Crippen molar-refractivity contribution in [2.45, 2.75) is 109 Å². The van der Waals surface area contributed by atoms with Gasteiger partial charge in [0.2, 0.25) is 5.91 Å². The molecule has 0 saturated carbocycles. The molecule has 0 heterocycles. The molecule has 1 unspecified atom stereocenters. The Kier molecular flexibility index (Phi) is 15.9. The van der Waals surface area contributed by atoms with Gasteiger partial charge in [-0.05, 0) is 19.3 Å². The zero-order chi connectivity index (χ0) is 20.5. The van der Waals surface area contributed by atoms with Crippen LogP contribution in [0.15, 0.2) is 0 Å². The fourth-order valence-corrected chi connectivity index (χ4v) is 3.68. The van der Waals surface area contributed by atoms with Crippen molar-refractivity contribution in [3.63, 3.8) is 0 Å². The van der Waals surface area contributed by atoms with Crippen molar-refractivity contribution in [1.82, 2.24) is 4.90 Å². The lowest BCUT2D eigenvalue weighted by Crippen LogP contribution is -2.20. The summed E-state index contributed by atoms with van der Waals surface area (Å²) in [4.78, 5) is 13.1. The second-order valence-corrected chi connectivity index (χ2v) is 8.70. The van der Waals surface area contributed by atoms with E-state index in [9.17, 15) is 13.2 Å². The number of hydrogen-bond donors (Lipinski definition) is 1. The van der Waals surface area contributed by atoms with Gasteiger partial charge in [-0.15, -0.1) is 0 Å². The molecule has 1 atom stereocenters. The van der Waals surface area contributed by atoms with Crippen LogP contribution in [-0.2, 0) is 19.4 Å². The molecule has 0 aliphatic rings. The minimum absolute atomic E-state index is 0.200. The van der Waals surface area contributed by atoms with Crippen molar-refractivity contribution < 1.29 is 21.9 Å². The third kappa shape index (κ3) is 18.5. The highest BCUT2D eigenvalue weighted by atomic mass is 32.3. The van der Waals surface area contributed by atoms with Gasteiger partial charge < -0.3 is 4.90 Å². The van der Waals surface area contributed by atoms with E-state index in [0.29, 0.717) is 19.3 Å². The maximum absolute atomic E-state index is 11.5. The Balaban J connectivity index is 3.70. The van der Waals surface area contributed by atoms with Crippen molar-refractivity contribution in [2.24, 2.45) is 0 Å². The smallest absolute Gasteiger partial charge is 0.349 e. The predicted octanol–water partition coefficient (Wildman–Crippen LogP) is 5.13. The zero-order valence-electron chi connectivity index (χ0n) is 17.6. The first-order valence-electron chi connectivity index (χ1n) is 10.6. The SMILES string of the molecule is CCCCCCC(CCCCCCCCCCC(=O)N(C)C)OS(=O)(=O)O. The molecule has 0 aliphatic carbocycles. The summed E-state index contributed by atoms with van der Waals surface area (Å²) in [7, 11) is -0.783. The number of carbonyl (C=O) groups excluding carboxylic acids is 1. The molecule has 162 valence electrons. The molecule has 0 saturated heterocycles. The highest BCUT2D eigenvalue weighted by molar-refractivity contribution is 7.80. The van der Waals surface area contributed by atoms with Crippen molar-refractivity contribution in [1.29, 1.82) is 0 Å². The van der Waals surface area contributed by atoms with Crippen LogP contribution in [0.3, 0.4) is 0 Å². The monoisotopic (exact) mass is 407 g/mol. The molecule has 0 aromatic rings. The van der Waals surface area contributed by atoms with E-state index in [-0.39, 0.29) is 5.91 Å². The number of unbranched alkanes of at least 4 members (excludes halogenated alkanes) is 10. The molecule has 0 fully saturated rings. The van der Waals surface area contributed by atoms with Gasteiger partial charge in [0.05, 0.1) is 6.10 Å². The lowest BCUT2D eigenvalue weighted by molar-refractivity contribution is -0.128.